The summed E-state index contributed by atoms with van der Waals surface area (Å²) in [7, 11) is 0. The van der Waals surface area contributed by atoms with Gasteiger partial charge in [0, 0.05) is 22.3 Å². The highest BCUT2D eigenvalue weighted by Crippen LogP contribution is 2.29. The number of H-pyrrole nitrogens is 1. The molecule has 0 unspecified atom stereocenters. The zero-order valence-corrected chi connectivity index (χ0v) is 20.1. The highest BCUT2D eigenvalue weighted by Gasteiger charge is 2.16. The molecule has 9 heteroatoms. The van der Waals surface area contributed by atoms with Gasteiger partial charge in [-0.25, -0.2) is 0 Å². The highest BCUT2D eigenvalue weighted by molar-refractivity contribution is 6.09. The topological polar surface area (TPSA) is 118 Å². The van der Waals surface area contributed by atoms with Crippen LogP contribution in [0.1, 0.15) is 57.7 Å². The van der Waals surface area contributed by atoms with Gasteiger partial charge < -0.3 is 9.84 Å². The van der Waals surface area contributed by atoms with Gasteiger partial charge in [-0.3, -0.25) is 9.59 Å². The first-order chi connectivity index (χ1) is 16.5. The van der Waals surface area contributed by atoms with E-state index in [1.54, 1.807) is 48.5 Å². The first-order valence-corrected chi connectivity index (χ1v) is 10.9. The molecule has 0 bridgehead atoms. The van der Waals surface area contributed by atoms with Crippen LogP contribution in [0, 0.1) is 0 Å². The summed E-state index contributed by atoms with van der Waals surface area (Å²) in [5.41, 5.74) is 3.60. The number of halogens is 1. The summed E-state index contributed by atoms with van der Waals surface area (Å²) in [4.78, 5) is 24.7. The second-order valence-electron chi connectivity index (χ2n) is 7.86. The monoisotopic (exact) mass is 492 g/mol. The molecule has 0 radical (unpaired) electrons. The van der Waals surface area contributed by atoms with E-state index in [9.17, 15) is 14.7 Å². The number of phenolic OH excluding ortho intramolecular Hbond substituents is 1. The van der Waals surface area contributed by atoms with Crippen LogP contribution in [0.2, 0.25) is 0 Å². The molecule has 0 saturated carbocycles. The molecule has 180 valence electrons. The zero-order chi connectivity index (χ0) is 24.1. The van der Waals surface area contributed by atoms with Gasteiger partial charge in [-0.1, -0.05) is 37.6 Å². The number of carbonyl (C=O) groups is 2. The molecule has 0 spiro atoms. The summed E-state index contributed by atoms with van der Waals surface area (Å²) in [5.74, 6) is 0.731. The summed E-state index contributed by atoms with van der Waals surface area (Å²) in [6.45, 7) is 3.69. The molecule has 4 aromatic rings. The van der Waals surface area contributed by atoms with Crippen LogP contribution in [0.3, 0.4) is 0 Å². The molecule has 0 amide bonds. The van der Waals surface area contributed by atoms with Gasteiger partial charge in [-0.15, -0.1) is 22.6 Å². The minimum Gasteiger partial charge on any atom is -0.507 e. The number of hydrogen-bond donors (Lipinski definition) is 2. The van der Waals surface area contributed by atoms with Gasteiger partial charge in [0.25, 0.3) is 0 Å². The van der Waals surface area contributed by atoms with Crippen LogP contribution < -0.4 is 4.74 Å². The molecular formula is C26H25ClN4O4. The minimum atomic E-state index is -0.176. The molecule has 1 heterocycles. The summed E-state index contributed by atoms with van der Waals surface area (Å²) < 4.78 is 5.91. The number of aromatic amines is 1. The molecule has 0 atom stereocenters. The number of carbonyl (C=O) groups excluding carboxylic acids is 2. The van der Waals surface area contributed by atoms with E-state index < -0.39 is 0 Å². The summed E-state index contributed by atoms with van der Waals surface area (Å²) >= 11 is 0. The van der Waals surface area contributed by atoms with Crippen LogP contribution in [0.15, 0.2) is 60.7 Å². The average Bonchev–Trinajstić information content (AvgIpc) is 3.39. The number of rotatable bonds is 9. The third-order valence-corrected chi connectivity index (χ3v) is 5.50. The lowest BCUT2D eigenvalue weighted by Crippen LogP contribution is -2.05. The van der Waals surface area contributed by atoms with Crippen LogP contribution in [0.25, 0.3) is 11.4 Å². The molecule has 0 aliphatic heterocycles. The molecule has 3 aromatic carbocycles. The molecular weight excluding hydrogens is 468 g/mol. The number of nitrogens with one attached hydrogen (secondary N) is 1. The van der Waals surface area contributed by atoms with Crippen molar-refractivity contribution in [3.63, 3.8) is 0 Å². The standard InChI is InChI=1S/C26H24N4O4.ClH/c1-3-5-23-20(10-13-22(16(2)31)25(23)33)15-34-21-11-8-17(9-12-21)24(32)18-6-4-7-19(14-18)26-27-29-30-28-26;/h4,6-14,33H,3,5,15H2,1-2H3,(H,27,28,29,30);1H. The number of nitrogens with zero attached hydrogens (tertiary/aromatic N) is 3. The van der Waals surface area contributed by atoms with Crippen LogP contribution in [0.5, 0.6) is 11.5 Å². The lowest BCUT2D eigenvalue weighted by molar-refractivity contribution is 0.101. The van der Waals surface area contributed by atoms with Gasteiger partial charge in [0.2, 0.25) is 5.82 Å². The number of aromatic hydroxyl groups is 1. The Hall–Kier alpha value is -4.04. The smallest absolute Gasteiger partial charge is 0.204 e. The maximum Gasteiger partial charge on any atom is 0.204 e. The van der Waals surface area contributed by atoms with E-state index >= 15 is 0 Å². The van der Waals surface area contributed by atoms with Crippen LogP contribution >= 0.6 is 12.4 Å². The first kappa shape index (κ1) is 25.6. The van der Waals surface area contributed by atoms with E-state index in [0.29, 0.717) is 40.2 Å². The lowest BCUT2D eigenvalue weighted by Gasteiger charge is -2.14. The molecule has 0 fully saturated rings. The Bertz CT molecular complexity index is 1320. The number of ether oxygens (including phenoxy) is 1. The fourth-order valence-electron chi connectivity index (χ4n) is 3.74. The number of benzene rings is 3. The fourth-order valence-corrected chi connectivity index (χ4v) is 3.74. The van der Waals surface area contributed by atoms with Crippen molar-refractivity contribution >= 4 is 24.0 Å². The Morgan fingerprint density at radius 1 is 1.03 bits per heavy atom. The maximum atomic E-state index is 12.9. The van der Waals surface area contributed by atoms with Gasteiger partial charge >= 0.3 is 0 Å². The molecule has 8 nitrogen and oxygen atoms in total. The maximum absolute atomic E-state index is 12.9. The van der Waals surface area contributed by atoms with Crippen molar-refractivity contribution < 1.29 is 19.4 Å². The van der Waals surface area contributed by atoms with Crippen LogP contribution in [-0.4, -0.2) is 37.3 Å². The normalized spacial score (nSPS) is 10.5. The SMILES string of the molecule is CCCc1c(COc2ccc(C(=O)c3cccc(-c4nn[nH]n4)c3)cc2)ccc(C(C)=O)c1O.Cl. The number of ketones is 2. The van der Waals surface area contributed by atoms with Crippen molar-refractivity contribution in [1.29, 1.82) is 0 Å². The van der Waals surface area contributed by atoms with E-state index in [2.05, 4.69) is 20.6 Å². The van der Waals surface area contributed by atoms with Crippen molar-refractivity contribution in [2.24, 2.45) is 0 Å². The van der Waals surface area contributed by atoms with Gasteiger partial charge in [-0.2, -0.15) is 5.21 Å². The quantitative estimate of drug-likeness (QED) is 0.317. The first-order valence-electron chi connectivity index (χ1n) is 10.9. The van der Waals surface area contributed by atoms with Gasteiger partial charge in [0.15, 0.2) is 11.6 Å². The molecule has 35 heavy (non-hydrogen) atoms. The Kier molecular flexibility index (Phi) is 8.33. The van der Waals surface area contributed by atoms with E-state index in [1.165, 1.54) is 6.92 Å². The van der Waals surface area contributed by atoms with Crippen molar-refractivity contribution in [2.75, 3.05) is 0 Å². The predicted octanol–water partition coefficient (Wildman–Crippen LogP) is 4.96. The molecule has 2 N–H and O–H groups in total. The zero-order valence-electron chi connectivity index (χ0n) is 19.3. The van der Waals surface area contributed by atoms with Gasteiger partial charge in [-0.05, 0) is 60.5 Å². The van der Waals surface area contributed by atoms with Gasteiger partial charge in [0.1, 0.15) is 18.1 Å². The van der Waals surface area contributed by atoms with Crippen LogP contribution in [-0.2, 0) is 13.0 Å². The van der Waals surface area contributed by atoms with E-state index in [-0.39, 0.29) is 36.3 Å². The molecule has 1 aromatic heterocycles. The van der Waals surface area contributed by atoms with Crippen molar-refractivity contribution in [3.05, 3.63) is 88.5 Å². The molecule has 4 rings (SSSR count). The average molecular weight is 493 g/mol. The largest absolute Gasteiger partial charge is 0.507 e. The number of Topliss-reactive ketones (excluding diaryl/α,β-unsaturated/α-hetero) is 1. The number of phenols is 1. The van der Waals surface area contributed by atoms with Crippen molar-refractivity contribution in [1.82, 2.24) is 20.6 Å². The predicted molar refractivity (Wildman–Crippen MR) is 133 cm³/mol. The third-order valence-electron chi connectivity index (χ3n) is 5.50. The van der Waals surface area contributed by atoms with Crippen molar-refractivity contribution in [3.8, 4) is 22.9 Å². The number of tetrazole rings is 1. The van der Waals surface area contributed by atoms with Gasteiger partial charge in [0.05, 0.1) is 5.56 Å². The summed E-state index contributed by atoms with van der Waals surface area (Å²) in [5, 5.41) is 24.4. The third kappa shape index (κ3) is 5.73. The highest BCUT2D eigenvalue weighted by atomic mass is 35.5. The fraction of sp³-hybridized carbons (Fsp3) is 0.192. The summed E-state index contributed by atoms with van der Waals surface area (Å²) in [6.07, 6.45) is 1.47. The second kappa shape index (κ2) is 11.4. The summed E-state index contributed by atoms with van der Waals surface area (Å²) in [6, 6.07) is 17.4. The Morgan fingerprint density at radius 2 is 1.80 bits per heavy atom. The molecule has 0 aliphatic carbocycles. The minimum absolute atomic E-state index is 0. The Morgan fingerprint density at radius 3 is 2.46 bits per heavy atom. The second-order valence-corrected chi connectivity index (χ2v) is 7.86. The molecule has 0 aliphatic rings. The Balaban J connectivity index is 0.00000342. The van der Waals surface area contributed by atoms with E-state index in [4.69, 9.17) is 4.74 Å². The van der Waals surface area contributed by atoms with Crippen molar-refractivity contribution in [2.45, 2.75) is 33.3 Å². The van der Waals surface area contributed by atoms with E-state index in [0.717, 1.165) is 17.5 Å². The molecule has 0 saturated heterocycles. The number of hydrogen-bond acceptors (Lipinski definition) is 7. The van der Waals surface area contributed by atoms with Crippen LogP contribution in [0.4, 0.5) is 0 Å². The van der Waals surface area contributed by atoms with E-state index in [1.807, 2.05) is 19.1 Å². The Labute approximate surface area is 208 Å². The lowest BCUT2D eigenvalue weighted by atomic mass is 9.97. The number of aromatic nitrogens is 4.